The molecule has 118 valence electrons. The smallest absolute Gasteiger partial charge is 0.135 e. The van der Waals surface area contributed by atoms with Gasteiger partial charge in [-0.15, -0.1) is 0 Å². The summed E-state index contributed by atoms with van der Waals surface area (Å²) in [7, 11) is 1.80. The maximum Gasteiger partial charge on any atom is 0.135 e. The molecule has 0 saturated heterocycles. The Hall–Kier alpha value is -1.36. The molecule has 1 aromatic heterocycles. The van der Waals surface area contributed by atoms with Crippen LogP contribution in [-0.2, 0) is 4.74 Å². The quantitative estimate of drug-likeness (QED) is 0.769. The first-order chi connectivity index (χ1) is 10.1. The third-order valence-corrected chi connectivity index (χ3v) is 4.28. The predicted octanol–water partition coefficient (Wildman–Crippen LogP) is 3.40. The van der Waals surface area contributed by atoms with E-state index in [1.807, 2.05) is 0 Å². The van der Waals surface area contributed by atoms with Crippen LogP contribution in [0.1, 0.15) is 57.9 Å². The highest BCUT2D eigenvalue weighted by molar-refractivity contribution is 5.59. The Balaban J connectivity index is 2.14. The number of methoxy groups -OCH3 is 1. The second-order valence-corrected chi connectivity index (χ2v) is 6.16. The van der Waals surface area contributed by atoms with Crippen LogP contribution in [0.3, 0.4) is 0 Å². The van der Waals surface area contributed by atoms with E-state index in [0.29, 0.717) is 5.92 Å². The molecule has 0 spiro atoms. The molecule has 5 nitrogen and oxygen atoms in total. The van der Waals surface area contributed by atoms with Crippen LogP contribution >= 0.6 is 0 Å². The van der Waals surface area contributed by atoms with Crippen molar-refractivity contribution in [1.82, 2.24) is 9.97 Å². The molecule has 0 aliphatic heterocycles. The Bertz CT molecular complexity index is 452. The maximum absolute atomic E-state index is 5.67. The molecule has 1 fully saturated rings. The van der Waals surface area contributed by atoms with Gasteiger partial charge < -0.3 is 15.4 Å². The standard InChI is InChI=1S/C16H28N4O/c1-5-9-17-14-13(12(2)3)15(20-11-19-14)18-10-16(21-4)7-6-8-16/h11-12H,5-10H2,1-4H3,(H2,17,18,19,20). The van der Waals surface area contributed by atoms with Crippen molar-refractivity contribution in [1.29, 1.82) is 0 Å². The molecule has 1 aliphatic rings. The number of nitrogens with one attached hydrogen (secondary N) is 2. The maximum atomic E-state index is 5.67. The summed E-state index contributed by atoms with van der Waals surface area (Å²) < 4.78 is 5.67. The van der Waals surface area contributed by atoms with Gasteiger partial charge in [0, 0.05) is 25.8 Å². The topological polar surface area (TPSA) is 59.1 Å². The second kappa shape index (κ2) is 7.07. The van der Waals surface area contributed by atoms with Crippen molar-refractivity contribution in [2.45, 2.75) is 58.0 Å². The summed E-state index contributed by atoms with van der Waals surface area (Å²) in [5.74, 6) is 2.25. The molecule has 0 aromatic carbocycles. The van der Waals surface area contributed by atoms with E-state index in [-0.39, 0.29) is 5.60 Å². The summed E-state index contributed by atoms with van der Waals surface area (Å²) in [5.41, 5.74) is 1.16. The molecule has 1 aliphatic carbocycles. The predicted molar refractivity (Wildman–Crippen MR) is 87.0 cm³/mol. The summed E-state index contributed by atoms with van der Waals surface area (Å²) in [5, 5.41) is 6.89. The van der Waals surface area contributed by atoms with E-state index >= 15 is 0 Å². The lowest BCUT2D eigenvalue weighted by Crippen LogP contribution is -2.45. The summed E-state index contributed by atoms with van der Waals surface area (Å²) in [6.45, 7) is 8.25. The van der Waals surface area contributed by atoms with Crippen LogP contribution in [0.4, 0.5) is 11.6 Å². The third kappa shape index (κ3) is 3.64. The average Bonchev–Trinajstić information content (AvgIpc) is 2.44. The minimum Gasteiger partial charge on any atom is -0.376 e. The van der Waals surface area contributed by atoms with E-state index in [2.05, 4.69) is 41.4 Å². The molecule has 0 atom stereocenters. The number of rotatable bonds is 8. The molecule has 0 amide bonds. The van der Waals surface area contributed by atoms with Gasteiger partial charge in [0.05, 0.1) is 5.60 Å². The highest BCUT2D eigenvalue weighted by Gasteiger charge is 2.37. The summed E-state index contributed by atoms with van der Waals surface area (Å²) in [6.07, 6.45) is 6.21. The van der Waals surface area contributed by atoms with Crippen LogP contribution in [0.2, 0.25) is 0 Å². The largest absolute Gasteiger partial charge is 0.376 e. The van der Waals surface area contributed by atoms with E-state index in [1.165, 1.54) is 6.42 Å². The average molecular weight is 292 g/mol. The first-order valence-corrected chi connectivity index (χ1v) is 7.99. The number of hydrogen-bond donors (Lipinski definition) is 2. The van der Waals surface area contributed by atoms with Crippen molar-refractivity contribution in [2.24, 2.45) is 0 Å². The minimum absolute atomic E-state index is 0.00376. The van der Waals surface area contributed by atoms with E-state index < -0.39 is 0 Å². The Morgan fingerprint density at radius 3 is 2.38 bits per heavy atom. The fourth-order valence-electron chi connectivity index (χ4n) is 2.74. The summed E-state index contributed by atoms with van der Waals surface area (Å²) in [4.78, 5) is 8.85. The second-order valence-electron chi connectivity index (χ2n) is 6.16. The van der Waals surface area contributed by atoms with Crippen molar-refractivity contribution in [2.75, 3.05) is 30.8 Å². The molecule has 0 bridgehead atoms. The van der Waals surface area contributed by atoms with E-state index in [0.717, 1.165) is 49.6 Å². The Kier molecular flexibility index (Phi) is 5.39. The molecule has 0 unspecified atom stereocenters. The van der Waals surface area contributed by atoms with E-state index in [1.54, 1.807) is 13.4 Å². The van der Waals surface area contributed by atoms with Gasteiger partial charge >= 0.3 is 0 Å². The van der Waals surface area contributed by atoms with Gasteiger partial charge in [-0.05, 0) is 31.6 Å². The molecule has 5 heteroatoms. The Morgan fingerprint density at radius 2 is 1.90 bits per heavy atom. The van der Waals surface area contributed by atoms with Crippen molar-refractivity contribution in [3.05, 3.63) is 11.9 Å². The molecule has 2 rings (SSSR count). The van der Waals surface area contributed by atoms with Crippen LogP contribution in [0.5, 0.6) is 0 Å². The Labute approximate surface area is 127 Å². The van der Waals surface area contributed by atoms with Gasteiger partial charge in [0.1, 0.15) is 18.0 Å². The number of nitrogens with zero attached hydrogens (tertiary/aromatic N) is 2. The van der Waals surface area contributed by atoms with Crippen LogP contribution in [-0.4, -0.2) is 35.8 Å². The van der Waals surface area contributed by atoms with Gasteiger partial charge in [0.25, 0.3) is 0 Å². The lowest BCUT2D eigenvalue weighted by molar-refractivity contribution is -0.0601. The fourth-order valence-corrected chi connectivity index (χ4v) is 2.74. The lowest BCUT2D eigenvalue weighted by Gasteiger charge is -2.40. The van der Waals surface area contributed by atoms with Crippen molar-refractivity contribution >= 4 is 11.6 Å². The van der Waals surface area contributed by atoms with Crippen LogP contribution in [0.25, 0.3) is 0 Å². The van der Waals surface area contributed by atoms with Crippen LogP contribution in [0, 0.1) is 0 Å². The monoisotopic (exact) mass is 292 g/mol. The fraction of sp³-hybridized carbons (Fsp3) is 0.750. The van der Waals surface area contributed by atoms with E-state index in [9.17, 15) is 0 Å². The third-order valence-electron chi connectivity index (χ3n) is 4.28. The highest BCUT2D eigenvalue weighted by Crippen LogP contribution is 2.36. The molecule has 2 N–H and O–H groups in total. The molecule has 1 saturated carbocycles. The minimum atomic E-state index is -0.00376. The van der Waals surface area contributed by atoms with Crippen molar-refractivity contribution in [3.8, 4) is 0 Å². The number of anilines is 2. The first-order valence-electron chi connectivity index (χ1n) is 7.99. The van der Waals surface area contributed by atoms with Gasteiger partial charge in [-0.3, -0.25) is 0 Å². The zero-order valence-electron chi connectivity index (χ0n) is 13.7. The number of aromatic nitrogens is 2. The molecule has 21 heavy (non-hydrogen) atoms. The molecule has 1 heterocycles. The van der Waals surface area contributed by atoms with Gasteiger partial charge in [0.2, 0.25) is 0 Å². The summed E-state index contributed by atoms with van der Waals surface area (Å²) >= 11 is 0. The molecular weight excluding hydrogens is 264 g/mol. The zero-order chi connectivity index (χ0) is 15.3. The van der Waals surface area contributed by atoms with Gasteiger partial charge in [0.15, 0.2) is 0 Å². The normalized spacial score (nSPS) is 16.6. The Morgan fingerprint density at radius 1 is 1.24 bits per heavy atom. The highest BCUT2D eigenvalue weighted by atomic mass is 16.5. The van der Waals surface area contributed by atoms with E-state index in [4.69, 9.17) is 4.74 Å². The molecular formula is C16H28N4O. The van der Waals surface area contributed by atoms with Gasteiger partial charge in [-0.25, -0.2) is 9.97 Å². The number of ether oxygens (including phenoxy) is 1. The first kappa shape index (κ1) is 16.0. The molecule has 1 aromatic rings. The van der Waals surface area contributed by atoms with Gasteiger partial charge in [-0.1, -0.05) is 20.8 Å². The summed E-state index contributed by atoms with van der Waals surface area (Å²) in [6, 6.07) is 0. The molecule has 0 radical (unpaired) electrons. The lowest BCUT2D eigenvalue weighted by atomic mass is 9.80. The van der Waals surface area contributed by atoms with Crippen molar-refractivity contribution in [3.63, 3.8) is 0 Å². The van der Waals surface area contributed by atoms with Crippen LogP contribution < -0.4 is 10.6 Å². The van der Waals surface area contributed by atoms with Gasteiger partial charge in [-0.2, -0.15) is 0 Å². The van der Waals surface area contributed by atoms with Crippen LogP contribution in [0.15, 0.2) is 6.33 Å². The van der Waals surface area contributed by atoms with Crippen molar-refractivity contribution < 1.29 is 4.74 Å². The SMILES string of the molecule is CCCNc1ncnc(NCC2(OC)CCC2)c1C(C)C. The zero-order valence-corrected chi connectivity index (χ0v) is 13.7. The number of hydrogen-bond acceptors (Lipinski definition) is 5.